The van der Waals surface area contributed by atoms with Crippen molar-refractivity contribution in [3.05, 3.63) is 24.5 Å². The van der Waals surface area contributed by atoms with Crippen molar-refractivity contribution in [1.82, 2.24) is 10.3 Å². The van der Waals surface area contributed by atoms with Crippen LogP contribution in [0.15, 0.2) is 17.8 Å². The molecule has 0 amide bonds. The predicted molar refractivity (Wildman–Crippen MR) is 55.1 cm³/mol. The molecule has 0 saturated heterocycles. The summed E-state index contributed by atoms with van der Waals surface area (Å²) in [7, 11) is 0. The Kier molecular flexibility index (Phi) is 4.74. The van der Waals surface area contributed by atoms with E-state index in [1.54, 1.807) is 0 Å². The molecule has 0 unspecified atom stereocenters. The van der Waals surface area contributed by atoms with Gasteiger partial charge in [-0.3, -0.25) is 0 Å². The monoisotopic (exact) mass is 180 g/mol. The number of hydrogen-bond acceptors (Lipinski definition) is 3. The predicted octanol–water partition coefficient (Wildman–Crippen LogP) is 3.16. The molecular formula is C10H16N2O. The van der Waals surface area contributed by atoms with Crippen LogP contribution >= 0.6 is 0 Å². The van der Waals surface area contributed by atoms with E-state index >= 15 is 0 Å². The molecule has 0 N–H and O–H groups in total. The van der Waals surface area contributed by atoms with Gasteiger partial charge in [-0.1, -0.05) is 27.0 Å². The molecule has 72 valence electrons. The summed E-state index contributed by atoms with van der Waals surface area (Å²) in [5, 5.41) is 7.38. The van der Waals surface area contributed by atoms with Gasteiger partial charge in [0, 0.05) is 0 Å². The van der Waals surface area contributed by atoms with Gasteiger partial charge in [-0.25, -0.2) is 4.63 Å². The molecule has 0 bridgehead atoms. The van der Waals surface area contributed by atoms with Crippen molar-refractivity contribution in [2.24, 2.45) is 0 Å². The lowest BCUT2D eigenvalue weighted by molar-refractivity contribution is 0.305. The lowest BCUT2D eigenvalue weighted by Crippen LogP contribution is -1.85. The van der Waals surface area contributed by atoms with Crippen LogP contribution in [0.25, 0.3) is 11.1 Å². The molecule has 3 heteroatoms. The Hall–Kier alpha value is -1.38. The molecule has 1 aromatic heterocycles. The first kappa shape index (κ1) is 11.6. The van der Waals surface area contributed by atoms with E-state index in [9.17, 15) is 0 Å². The molecule has 0 atom stereocenters. The van der Waals surface area contributed by atoms with E-state index in [4.69, 9.17) is 0 Å². The fourth-order valence-electron chi connectivity index (χ4n) is 0.749. The van der Waals surface area contributed by atoms with Crippen LogP contribution in [0.2, 0.25) is 0 Å². The Morgan fingerprint density at radius 1 is 1.00 bits per heavy atom. The van der Waals surface area contributed by atoms with Gasteiger partial charge in [0.05, 0.1) is 0 Å². The zero-order chi connectivity index (χ0) is 10.4. The normalized spacial score (nSPS) is 8.62. The Bertz CT molecular complexity index is 271. The Morgan fingerprint density at radius 2 is 1.31 bits per heavy atom. The van der Waals surface area contributed by atoms with E-state index in [0.717, 1.165) is 11.1 Å². The smallest absolute Gasteiger partial charge is 0.137 e. The lowest BCUT2D eigenvalue weighted by Gasteiger charge is -1.93. The second-order valence-electron chi connectivity index (χ2n) is 2.52. The third-order valence-electron chi connectivity index (χ3n) is 1.30. The van der Waals surface area contributed by atoms with Gasteiger partial charge in [0.25, 0.3) is 0 Å². The van der Waals surface area contributed by atoms with Crippen LogP contribution in [0.5, 0.6) is 0 Å². The minimum atomic E-state index is 0.692. The first-order valence-electron chi connectivity index (χ1n) is 4.27. The van der Waals surface area contributed by atoms with Gasteiger partial charge in [-0.15, -0.1) is 0 Å². The van der Waals surface area contributed by atoms with Gasteiger partial charge >= 0.3 is 0 Å². The summed E-state index contributed by atoms with van der Waals surface area (Å²) in [5.74, 6) is 0. The van der Waals surface area contributed by atoms with E-state index in [-0.39, 0.29) is 0 Å². The second-order valence-corrected chi connectivity index (χ2v) is 2.52. The van der Waals surface area contributed by atoms with Gasteiger partial charge < -0.3 is 0 Å². The molecular weight excluding hydrogens is 164 g/mol. The maximum Gasteiger partial charge on any atom is 0.137 e. The van der Waals surface area contributed by atoms with Crippen molar-refractivity contribution in [2.45, 2.75) is 27.7 Å². The minimum absolute atomic E-state index is 0.692. The molecule has 0 fully saturated rings. The number of nitrogens with zero attached hydrogens (tertiary/aromatic N) is 2. The van der Waals surface area contributed by atoms with Crippen molar-refractivity contribution in [2.75, 3.05) is 0 Å². The largest absolute Gasteiger partial charge is 0.243 e. The van der Waals surface area contributed by atoms with Crippen molar-refractivity contribution in [3.8, 4) is 0 Å². The minimum Gasteiger partial charge on any atom is -0.243 e. The summed E-state index contributed by atoms with van der Waals surface area (Å²) >= 11 is 0. The van der Waals surface area contributed by atoms with Crippen molar-refractivity contribution in [3.63, 3.8) is 0 Å². The maximum atomic E-state index is 4.55. The molecule has 0 saturated carbocycles. The zero-order valence-corrected chi connectivity index (χ0v) is 8.72. The van der Waals surface area contributed by atoms with Gasteiger partial charge in [0.1, 0.15) is 11.4 Å². The van der Waals surface area contributed by atoms with E-state index < -0.39 is 0 Å². The third-order valence-corrected chi connectivity index (χ3v) is 1.30. The number of rotatable bonds is 2. The molecule has 0 aromatic carbocycles. The fraction of sp³-hybridized carbons (Fsp3) is 0.400. The van der Waals surface area contributed by atoms with Gasteiger partial charge in [0.15, 0.2) is 0 Å². The van der Waals surface area contributed by atoms with Crippen LogP contribution < -0.4 is 0 Å². The quantitative estimate of drug-likeness (QED) is 0.701. The van der Waals surface area contributed by atoms with Crippen molar-refractivity contribution >= 4 is 11.1 Å². The SMILES string of the molecule is C=C(C)c1nonc1C(=C)C.CC. The summed E-state index contributed by atoms with van der Waals surface area (Å²) < 4.78 is 4.55. The third kappa shape index (κ3) is 2.86. The van der Waals surface area contributed by atoms with E-state index in [2.05, 4.69) is 28.1 Å². The van der Waals surface area contributed by atoms with E-state index in [0.29, 0.717) is 11.4 Å². The van der Waals surface area contributed by atoms with Gasteiger partial charge in [-0.05, 0) is 35.3 Å². The van der Waals surface area contributed by atoms with E-state index in [1.165, 1.54) is 0 Å². The topological polar surface area (TPSA) is 38.9 Å². The van der Waals surface area contributed by atoms with E-state index in [1.807, 2.05) is 27.7 Å². The number of allylic oxidation sites excluding steroid dienone is 2. The maximum absolute atomic E-state index is 4.55. The van der Waals surface area contributed by atoms with Gasteiger partial charge in [-0.2, -0.15) is 0 Å². The van der Waals surface area contributed by atoms with Crippen LogP contribution in [0.1, 0.15) is 39.1 Å². The van der Waals surface area contributed by atoms with Crippen LogP contribution in [-0.2, 0) is 0 Å². The Morgan fingerprint density at radius 3 is 1.54 bits per heavy atom. The number of aromatic nitrogens is 2. The summed E-state index contributed by atoms with van der Waals surface area (Å²) in [6, 6.07) is 0. The highest BCUT2D eigenvalue weighted by Crippen LogP contribution is 2.18. The van der Waals surface area contributed by atoms with Crippen LogP contribution in [0.3, 0.4) is 0 Å². The van der Waals surface area contributed by atoms with Crippen molar-refractivity contribution < 1.29 is 4.63 Å². The van der Waals surface area contributed by atoms with Crippen LogP contribution in [-0.4, -0.2) is 10.3 Å². The fourth-order valence-corrected chi connectivity index (χ4v) is 0.749. The summed E-state index contributed by atoms with van der Waals surface area (Å²) in [6.45, 7) is 15.2. The van der Waals surface area contributed by atoms with Crippen LogP contribution in [0.4, 0.5) is 0 Å². The summed E-state index contributed by atoms with van der Waals surface area (Å²) in [6.07, 6.45) is 0. The zero-order valence-electron chi connectivity index (χ0n) is 8.72. The first-order chi connectivity index (χ1) is 6.13. The van der Waals surface area contributed by atoms with Crippen LogP contribution in [0, 0.1) is 0 Å². The molecule has 0 spiro atoms. The molecule has 1 rings (SSSR count). The highest BCUT2D eigenvalue weighted by molar-refractivity contribution is 5.71. The number of hydrogen-bond donors (Lipinski definition) is 0. The highest BCUT2D eigenvalue weighted by Gasteiger charge is 2.09. The highest BCUT2D eigenvalue weighted by atomic mass is 16.6. The Balaban J connectivity index is 0.000000671. The summed E-state index contributed by atoms with van der Waals surface area (Å²) in [5.41, 5.74) is 3.06. The molecule has 13 heavy (non-hydrogen) atoms. The Labute approximate surface area is 79.1 Å². The lowest BCUT2D eigenvalue weighted by atomic mass is 10.1. The molecule has 0 aliphatic carbocycles. The molecule has 1 heterocycles. The molecule has 0 aliphatic rings. The van der Waals surface area contributed by atoms with Gasteiger partial charge in [0.2, 0.25) is 0 Å². The second kappa shape index (κ2) is 5.30. The first-order valence-corrected chi connectivity index (χ1v) is 4.27. The average molecular weight is 180 g/mol. The van der Waals surface area contributed by atoms with Crippen molar-refractivity contribution in [1.29, 1.82) is 0 Å². The standard InChI is InChI=1S/C8H10N2O.C2H6/c1-5(2)7-8(6(3)4)10-11-9-7;1-2/h1,3H2,2,4H3;1-2H3. The average Bonchev–Trinajstić information content (AvgIpc) is 2.55. The molecule has 1 aromatic rings. The molecule has 0 radical (unpaired) electrons. The molecule has 3 nitrogen and oxygen atoms in total. The summed E-state index contributed by atoms with van der Waals surface area (Å²) in [4.78, 5) is 0. The molecule has 0 aliphatic heterocycles.